The van der Waals surface area contributed by atoms with Crippen LogP contribution in [0.2, 0.25) is 5.15 Å². The number of fused-ring (bicyclic) bond motifs is 3. The maximum atomic E-state index is 12.7. The Balaban J connectivity index is 1.75. The van der Waals surface area contributed by atoms with E-state index in [4.69, 9.17) is 20.9 Å². The zero-order valence-corrected chi connectivity index (χ0v) is 19.8. The van der Waals surface area contributed by atoms with Crippen molar-refractivity contribution < 1.29 is 12.7 Å². The topological polar surface area (TPSA) is 83.9 Å². The van der Waals surface area contributed by atoms with Crippen LogP contribution >= 0.6 is 11.6 Å². The molecule has 2 aromatic carbocycles. The minimum Gasteiger partial charge on any atom is -0.314 e. The van der Waals surface area contributed by atoms with Crippen LogP contribution in [0.3, 0.4) is 0 Å². The van der Waals surface area contributed by atoms with Gasteiger partial charge in [0.1, 0.15) is 6.54 Å². The average molecular weight is 487 g/mol. The van der Waals surface area contributed by atoms with E-state index in [0.717, 1.165) is 43.4 Å². The van der Waals surface area contributed by atoms with Gasteiger partial charge in [-0.1, -0.05) is 50.9 Å². The number of para-hydroxylation sites is 1. The smallest absolute Gasteiger partial charge is 0.312 e. The van der Waals surface area contributed by atoms with Gasteiger partial charge in [-0.15, -0.1) is 0 Å². The predicted molar refractivity (Wildman–Crippen MR) is 131 cm³/mol. The van der Waals surface area contributed by atoms with Gasteiger partial charge in [0.05, 0.1) is 29.3 Å². The molecule has 172 valence electrons. The van der Waals surface area contributed by atoms with E-state index in [2.05, 4.69) is 15.2 Å². The second-order valence-electron chi connectivity index (χ2n) is 8.25. The summed E-state index contributed by atoms with van der Waals surface area (Å²) in [5.74, 6) is 0.478. The van der Waals surface area contributed by atoms with E-state index in [1.165, 1.54) is 0 Å². The molecule has 1 unspecified atom stereocenters. The number of hydrogen-bond acceptors (Lipinski definition) is 7. The van der Waals surface area contributed by atoms with Crippen molar-refractivity contribution in [2.45, 2.75) is 0 Å². The molecule has 0 amide bonds. The highest BCUT2D eigenvalue weighted by Gasteiger charge is 2.52. The van der Waals surface area contributed by atoms with Gasteiger partial charge in [0, 0.05) is 26.2 Å². The summed E-state index contributed by atoms with van der Waals surface area (Å²) in [6, 6.07) is 17.0. The molecule has 2 aliphatic heterocycles. The van der Waals surface area contributed by atoms with E-state index in [0.29, 0.717) is 35.8 Å². The number of aliphatic imine (C=N–C) groups is 1. The largest absolute Gasteiger partial charge is 0.314 e. The van der Waals surface area contributed by atoms with Crippen LogP contribution in [0.4, 0.5) is 11.4 Å². The van der Waals surface area contributed by atoms with Crippen molar-refractivity contribution in [3.8, 4) is 0 Å². The number of nitrogens with one attached hydrogen (secondary N) is 1. The van der Waals surface area contributed by atoms with Crippen LogP contribution in [-0.2, 0) is 14.4 Å². The van der Waals surface area contributed by atoms with E-state index in [1.807, 2.05) is 54.6 Å². The van der Waals surface area contributed by atoms with Crippen molar-refractivity contribution in [1.29, 1.82) is 0 Å². The molecule has 5 rings (SSSR count). The summed E-state index contributed by atoms with van der Waals surface area (Å²) in [6.45, 7) is 4.50. The van der Waals surface area contributed by atoms with Gasteiger partial charge in [-0.25, -0.2) is 4.98 Å². The van der Waals surface area contributed by atoms with Gasteiger partial charge in [0.15, 0.2) is 10.8 Å². The first-order valence-electron chi connectivity index (χ1n) is 10.8. The molecule has 33 heavy (non-hydrogen) atoms. The Morgan fingerprint density at radius 3 is 2.52 bits per heavy atom. The number of piperazine rings is 1. The minimum absolute atomic E-state index is 0.219. The van der Waals surface area contributed by atoms with Crippen molar-refractivity contribution in [3.05, 3.63) is 65.3 Å². The first-order valence-corrected chi connectivity index (χ1v) is 13.0. The maximum absolute atomic E-state index is 12.7. The molecule has 1 N–H and O–H groups in total. The number of hydrogen-bond donors (Lipinski definition) is 1. The van der Waals surface area contributed by atoms with Crippen LogP contribution in [-0.4, -0.2) is 69.7 Å². The molecule has 1 fully saturated rings. The highest BCUT2D eigenvalue weighted by atomic mass is 35.5. The van der Waals surface area contributed by atoms with Gasteiger partial charge < -0.3 is 5.32 Å². The number of halogens is 1. The first kappa shape index (κ1) is 22.4. The van der Waals surface area contributed by atoms with Gasteiger partial charge in [-0.2, -0.15) is 13.4 Å². The molecular formula is C23H25ClN5O3S+. The number of hydroxylamine groups is 2. The number of rotatable bonds is 6. The zero-order chi connectivity index (χ0) is 23.1. The van der Waals surface area contributed by atoms with Crippen LogP contribution in [0.1, 0.15) is 5.56 Å². The third-order valence-corrected chi connectivity index (χ3v) is 6.74. The Morgan fingerprint density at radius 2 is 1.79 bits per heavy atom. The molecule has 1 aromatic heterocycles. The van der Waals surface area contributed by atoms with Crippen LogP contribution in [0, 0.1) is 0 Å². The second-order valence-corrected chi connectivity index (χ2v) is 10.2. The summed E-state index contributed by atoms with van der Waals surface area (Å²) in [6.07, 6.45) is 1.07. The third-order valence-electron chi connectivity index (χ3n) is 5.95. The number of benzene rings is 2. The Labute approximate surface area is 198 Å². The summed E-state index contributed by atoms with van der Waals surface area (Å²) >= 11 is 6.60. The lowest BCUT2D eigenvalue weighted by Crippen LogP contribution is -2.58. The van der Waals surface area contributed by atoms with Crippen molar-refractivity contribution in [3.63, 3.8) is 0 Å². The van der Waals surface area contributed by atoms with Crippen LogP contribution in [0.15, 0.2) is 59.6 Å². The van der Waals surface area contributed by atoms with Gasteiger partial charge in [-0.05, 0) is 24.3 Å². The van der Waals surface area contributed by atoms with Crippen LogP contribution in [0.5, 0.6) is 0 Å². The number of quaternary nitrogens is 1. The molecule has 0 spiro atoms. The number of amidine groups is 1. The highest BCUT2D eigenvalue weighted by molar-refractivity contribution is 7.86. The number of pyridine rings is 1. The number of aromatic nitrogens is 1. The van der Waals surface area contributed by atoms with Crippen LogP contribution in [0.25, 0.3) is 10.9 Å². The standard InChI is InChI=1S/C23H25ClN5O3S/c1-33(30,31)32-29(16-15-28-13-11-25-12-14-28)21-18-9-5-6-10-19(18)26-22(24)20(21)27-23(29)17-7-3-2-4-8-17/h2-10,25H,11-16H2,1H3/q+1. The molecule has 0 saturated carbocycles. The highest BCUT2D eigenvalue weighted by Crippen LogP contribution is 2.50. The lowest BCUT2D eigenvalue weighted by atomic mass is 10.1. The van der Waals surface area contributed by atoms with E-state index >= 15 is 0 Å². The van der Waals surface area contributed by atoms with Crippen LogP contribution < -0.4 is 9.96 Å². The van der Waals surface area contributed by atoms with Gasteiger partial charge in [0.2, 0.25) is 5.69 Å². The van der Waals surface area contributed by atoms with Gasteiger partial charge in [-0.3, -0.25) is 4.90 Å². The van der Waals surface area contributed by atoms with Crippen molar-refractivity contribution in [2.24, 2.45) is 4.99 Å². The summed E-state index contributed by atoms with van der Waals surface area (Å²) < 4.78 is 31.0. The fraction of sp³-hybridized carbons (Fsp3) is 0.304. The average Bonchev–Trinajstić information content (AvgIpc) is 3.13. The van der Waals surface area contributed by atoms with Gasteiger partial charge >= 0.3 is 10.1 Å². The lowest BCUT2D eigenvalue weighted by molar-refractivity contribution is 0.0301. The SMILES string of the molecule is CS(=O)(=O)O[N+]1(CCN2CCNCC2)C(c2ccccc2)=Nc2c(Cl)nc3ccccc3c21. The number of nitrogens with zero attached hydrogens (tertiary/aromatic N) is 4. The summed E-state index contributed by atoms with van der Waals surface area (Å²) in [5, 5.41) is 4.33. The molecule has 0 aliphatic carbocycles. The lowest BCUT2D eigenvalue weighted by Gasteiger charge is -2.34. The molecule has 2 aliphatic rings. The summed E-state index contributed by atoms with van der Waals surface area (Å²) in [7, 11) is -3.89. The van der Waals surface area contributed by atoms with Crippen molar-refractivity contribution >= 4 is 49.8 Å². The van der Waals surface area contributed by atoms with E-state index in [1.54, 1.807) is 0 Å². The van der Waals surface area contributed by atoms with E-state index in [-0.39, 0.29) is 5.15 Å². The molecule has 1 atom stereocenters. The van der Waals surface area contributed by atoms with Crippen molar-refractivity contribution in [2.75, 3.05) is 45.5 Å². The van der Waals surface area contributed by atoms with Crippen molar-refractivity contribution in [1.82, 2.24) is 19.8 Å². The quantitative estimate of drug-likeness (QED) is 0.426. The molecule has 0 radical (unpaired) electrons. The minimum atomic E-state index is -3.89. The molecule has 3 heterocycles. The molecular weight excluding hydrogens is 462 g/mol. The maximum Gasteiger partial charge on any atom is 0.312 e. The Bertz CT molecular complexity index is 1330. The normalized spacial score (nSPS) is 21.2. The molecule has 10 heteroatoms. The Morgan fingerprint density at radius 1 is 1.09 bits per heavy atom. The molecule has 0 bridgehead atoms. The fourth-order valence-corrected chi connectivity index (χ4v) is 5.45. The Kier molecular flexibility index (Phi) is 5.94. The van der Waals surface area contributed by atoms with Gasteiger partial charge in [0.25, 0.3) is 5.84 Å². The fourth-order valence-electron chi connectivity index (χ4n) is 4.55. The monoisotopic (exact) mass is 486 g/mol. The second kappa shape index (κ2) is 8.75. The zero-order valence-electron chi connectivity index (χ0n) is 18.2. The summed E-state index contributed by atoms with van der Waals surface area (Å²) in [4.78, 5) is 11.7. The van der Waals surface area contributed by atoms with E-state index in [9.17, 15) is 8.42 Å². The predicted octanol–water partition coefficient (Wildman–Crippen LogP) is 3.08. The summed E-state index contributed by atoms with van der Waals surface area (Å²) in [5.41, 5.74) is 2.47. The van der Waals surface area contributed by atoms with E-state index < -0.39 is 14.8 Å². The molecule has 8 nitrogen and oxygen atoms in total. The molecule has 1 saturated heterocycles. The molecule has 3 aromatic rings. The Hall–Kier alpha value is -2.40. The first-order chi connectivity index (χ1) is 15.9. The third kappa shape index (κ3) is 4.28.